The van der Waals surface area contributed by atoms with Crippen LogP contribution in [-0.2, 0) is 0 Å². The Balaban J connectivity index is 2.17. The fourth-order valence-corrected chi connectivity index (χ4v) is 2.00. The summed E-state index contributed by atoms with van der Waals surface area (Å²) in [6, 6.07) is 16.3. The highest BCUT2D eigenvalue weighted by molar-refractivity contribution is 9.10. The number of halogens is 1. The van der Waals surface area contributed by atoms with Gasteiger partial charge in [0, 0.05) is 10.0 Å². The van der Waals surface area contributed by atoms with E-state index in [2.05, 4.69) is 15.9 Å². The van der Waals surface area contributed by atoms with E-state index in [9.17, 15) is 4.79 Å². The van der Waals surface area contributed by atoms with Gasteiger partial charge < -0.3 is 0 Å². The molecule has 0 spiro atoms. The molecule has 0 fully saturated rings. The summed E-state index contributed by atoms with van der Waals surface area (Å²) in [5, 5.41) is 8.70. The van der Waals surface area contributed by atoms with Gasteiger partial charge in [0.1, 0.15) is 0 Å². The number of nitrogens with zero attached hydrogens (tertiary/aromatic N) is 1. The van der Waals surface area contributed by atoms with Crippen LogP contribution in [0, 0.1) is 11.3 Å². The molecular formula is C16H10BrNO. The average molecular weight is 312 g/mol. The van der Waals surface area contributed by atoms with Crippen LogP contribution in [0.3, 0.4) is 0 Å². The minimum absolute atomic E-state index is 0.0831. The zero-order chi connectivity index (χ0) is 13.7. The number of benzene rings is 2. The van der Waals surface area contributed by atoms with Crippen LogP contribution in [0.5, 0.6) is 0 Å². The molecule has 0 unspecified atom stereocenters. The second-order valence-corrected chi connectivity index (χ2v) is 4.76. The van der Waals surface area contributed by atoms with E-state index in [1.165, 1.54) is 6.08 Å². The number of carbonyl (C=O) groups is 1. The molecule has 0 bridgehead atoms. The fraction of sp³-hybridized carbons (Fsp3) is 0. The van der Waals surface area contributed by atoms with Crippen LogP contribution >= 0.6 is 15.9 Å². The standard InChI is InChI=1S/C16H10BrNO/c17-15-4-2-1-3-13(15)9-10-16(19)14-7-5-12(11-18)6-8-14/h1-10H/b10-9+. The first-order chi connectivity index (χ1) is 9.20. The molecule has 0 aliphatic carbocycles. The van der Waals surface area contributed by atoms with Crippen LogP contribution in [0.2, 0.25) is 0 Å². The van der Waals surface area contributed by atoms with Gasteiger partial charge in [-0.2, -0.15) is 5.26 Å². The molecular weight excluding hydrogens is 302 g/mol. The zero-order valence-corrected chi connectivity index (χ0v) is 11.6. The third kappa shape index (κ3) is 3.40. The van der Waals surface area contributed by atoms with Crippen LogP contribution in [0.4, 0.5) is 0 Å². The molecule has 0 N–H and O–H groups in total. The van der Waals surface area contributed by atoms with Crippen molar-refractivity contribution in [3.05, 3.63) is 75.8 Å². The van der Waals surface area contributed by atoms with Crippen molar-refractivity contribution in [2.45, 2.75) is 0 Å². The number of ketones is 1. The van der Waals surface area contributed by atoms with Gasteiger partial charge in [-0.3, -0.25) is 4.79 Å². The van der Waals surface area contributed by atoms with E-state index >= 15 is 0 Å². The molecule has 0 aromatic heterocycles. The molecule has 2 aromatic rings. The Morgan fingerprint density at radius 3 is 2.42 bits per heavy atom. The van der Waals surface area contributed by atoms with Crippen molar-refractivity contribution >= 4 is 27.8 Å². The van der Waals surface area contributed by atoms with Crippen molar-refractivity contribution in [2.24, 2.45) is 0 Å². The fourth-order valence-electron chi connectivity index (χ4n) is 1.58. The number of nitriles is 1. The largest absolute Gasteiger partial charge is 0.289 e. The summed E-state index contributed by atoms with van der Waals surface area (Å²) in [4.78, 5) is 11.9. The quantitative estimate of drug-likeness (QED) is 0.629. The van der Waals surface area contributed by atoms with Crippen molar-refractivity contribution in [1.82, 2.24) is 0 Å². The van der Waals surface area contributed by atoms with E-state index in [0.29, 0.717) is 11.1 Å². The molecule has 0 heterocycles. The van der Waals surface area contributed by atoms with Gasteiger partial charge in [0.2, 0.25) is 0 Å². The summed E-state index contributed by atoms with van der Waals surface area (Å²) >= 11 is 3.42. The lowest BCUT2D eigenvalue weighted by Crippen LogP contribution is -1.93. The molecule has 0 aliphatic heterocycles. The molecule has 19 heavy (non-hydrogen) atoms. The number of hydrogen-bond donors (Lipinski definition) is 0. The Labute approximate surface area is 120 Å². The van der Waals surface area contributed by atoms with Crippen LogP contribution in [0.1, 0.15) is 21.5 Å². The van der Waals surface area contributed by atoms with Crippen molar-refractivity contribution in [3.63, 3.8) is 0 Å². The molecule has 0 radical (unpaired) electrons. The van der Waals surface area contributed by atoms with Crippen molar-refractivity contribution in [2.75, 3.05) is 0 Å². The van der Waals surface area contributed by atoms with Gasteiger partial charge >= 0.3 is 0 Å². The van der Waals surface area contributed by atoms with Gasteiger partial charge in [-0.05, 0) is 48.0 Å². The first-order valence-electron chi connectivity index (χ1n) is 5.68. The van der Waals surface area contributed by atoms with E-state index in [1.54, 1.807) is 30.3 Å². The maximum atomic E-state index is 11.9. The van der Waals surface area contributed by atoms with Crippen molar-refractivity contribution in [3.8, 4) is 6.07 Å². The monoisotopic (exact) mass is 311 g/mol. The second-order valence-electron chi connectivity index (χ2n) is 3.91. The molecule has 0 aliphatic rings. The molecule has 0 atom stereocenters. The molecule has 2 nitrogen and oxygen atoms in total. The van der Waals surface area contributed by atoms with E-state index < -0.39 is 0 Å². The number of hydrogen-bond acceptors (Lipinski definition) is 2. The lowest BCUT2D eigenvalue weighted by Gasteiger charge is -1.98. The molecule has 2 aromatic carbocycles. The lowest BCUT2D eigenvalue weighted by molar-refractivity contribution is 0.104. The highest BCUT2D eigenvalue weighted by Gasteiger charge is 2.02. The number of rotatable bonds is 3. The molecule has 0 saturated heterocycles. The third-order valence-electron chi connectivity index (χ3n) is 2.62. The van der Waals surface area contributed by atoms with Gasteiger partial charge in [-0.25, -0.2) is 0 Å². The normalized spacial score (nSPS) is 10.3. The molecule has 0 saturated carbocycles. The van der Waals surface area contributed by atoms with Crippen LogP contribution in [-0.4, -0.2) is 5.78 Å². The maximum absolute atomic E-state index is 11.9. The Bertz CT molecular complexity index is 666. The van der Waals surface area contributed by atoms with Crippen LogP contribution in [0.15, 0.2) is 59.1 Å². The Hall–Kier alpha value is -2.18. The van der Waals surface area contributed by atoms with Gasteiger partial charge in [0.05, 0.1) is 11.6 Å². The predicted molar refractivity (Wildman–Crippen MR) is 78.7 cm³/mol. The molecule has 3 heteroatoms. The summed E-state index contributed by atoms with van der Waals surface area (Å²) in [7, 11) is 0. The van der Waals surface area contributed by atoms with Crippen LogP contribution in [0.25, 0.3) is 6.08 Å². The first kappa shape index (κ1) is 13.3. The summed E-state index contributed by atoms with van der Waals surface area (Å²) in [5.74, 6) is -0.0831. The minimum Gasteiger partial charge on any atom is -0.289 e. The van der Waals surface area contributed by atoms with Gasteiger partial charge in [0.25, 0.3) is 0 Å². The smallest absolute Gasteiger partial charge is 0.185 e. The van der Waals surface area contributed by atoms with E-state index in [0.717, 1.165) is 10.0 Å². The summed E-state index contributed by atoms with van der Waals surface area (Å²) < 4.78 is 0.943. The van der Waals surface area contributed by atoms with E-state index in [1.807, 2.05) is 30.3 Å². The maximum Gasteiger partial charge on any atom is 0.185 e. The Kier molecular flexibility index (Phi) is 4.27. The Morgan fingerprint density at radius 2 is 1.79 bits per heavy atom. The molecule has 2 rings (SSSR count). The third-order valence-corrected chi connectivity index (χ3v) is 3.34. The highest BCUT2D eigenvalue weighted by atomic mass is 79.9. The molecule has 0 amide bonds. The van der Waals surface area contributed by atoms with Gasteiger partial charge in [-0.1, -0.05) is 34.1 Å². The predicted octanol–water partition coefficient (Wildman–Crippen LogP) is 4.22. The minimum atomic E-state index is -0.0831. The van der Waals surface area contributed by atoms with Crippen molar-refractivity contribution < 1.29 is 4.79 Å². The highest BCUT2D eigenvalue weighted by Crippen LogP contribution is 2.17. The first-order valence-corrected chi connectivity index (χ1v) is 6.47. The second kappa shape index (κ2) is 6.12. The van der Waals surface area contributed by atoms with Crippen molar-refractivity contribution in [1.29, 1.82) is 5.26 Å². The van der Waals surface area contributed by atoms with Gasteiger partial charge in [0.15, 0.2) is 5.78 Å². The Morgan fingerprint density at radius 1 is 1.11 bits per heavy atom. The summed E-state index contributed by atoms with van der Waals surface area (Å²) in [6.07, 6.45) is 3.30. The summed E-state index contributed by atoms with van der Waals surface area (Å²) in [6.45, 7) is 0. The number of allylic oxidation sites excluding steroid dienone is 1. The zero-order valence-electron chi connectivity index (χ0n) is 10.0. The number of carbonyl (C=O) groups excluding carboxylic acids is 1. The van der Waals surface area contributed by atoms with E-state index in [-0.39, 0.29) is 5.78 Å². The lowest BCUT2D eigenvalue weighted by atomic mass is 10.1. The van der Waals surface area contributed by atoms with Gasteiger partial charge in [-0.15, -0.1) is 0 Å². The topological polar surface area (TPSA) is 40.9 Å². The SMILES string of the molecule is N#Cc1ccc(C(=O)/C=C/c2ccccc2Br)cc1. The molecule has 92 valence electrons. The van der Waals surface area contributed by atoms with Crippen LogP contribution < -0.4 is 0 Å². The van der Waals surface area contributed by atoms with E-state index in [4.69, 9.17) is 5.26 Å². The summed E-state index contributed by atoms with van der Waals surface area (Å²) in [5.41, 5.74) is 2.07. The average Bonchev–Trinajstić information content (AvgIpc) is 2.46.